The molecule has 0 radical (unpaired) electrons. The van der Waals surface area contributed by atoms with Crippen molar-refractivity contribution >= 4 is 16.5 Å². The maximum atomic E-state index is 5.79. The van der Waals surface area contributed by atoms with Crippen molar-refractivity contribution in [2.45, 2.75) is 58.2 Å². The number of thiazole rings is 1. The fourth-order valence-electron chi connectivity index (χ4n) is 2.62. The van der Waals surface area contributed by atoms with Crippen LogP contribution in [0, 0.1) is 0 Å². The molecule has 0 bridgehead atoms. The van der Waals surface area contributed by atoms with Gasteiger partial charge in [-0.25, -0.2) is 4.98 Å². The van der Waals surface area contributed by atoms with Crippen molar-refractivity contribution in [3.8, 4) is 0 Å². The Bertz CT molecular complexity index is 468. The van der Waals surface area contributed by atoms with Gasteiger partial charge in [-0.05, 0) is 33.1 Å². The monoisotopic (exact) mass is 295 g/mol. The summed E-state index contributed by atoms with van der Waals surface area (Å²) < 4.78 is 5.79. The van der Waals surface area contributed by atoms with Gasteiger partial charge in [-0.15, -0.1) is 11.3 Å². The number of ether oxygens (including phenoxy) is 1. The Labute approximate surface area is 125 Å². The molecule has 1 aliphatic heterocycles. The highest BCUT2D eigenvalue weighted by Gasteiger charge is 2.29. The number of hydrogen-bond acceptors (Lipinski definition) is 5. The summed E-state index contributed by atoms with van der Waals surface area (Å²) in [5.74, 6) is 0. The third-order valence-corrected chi connectivity index (χ3v) is 5.09. The number of nitrogens with one attached hydrogen (secondary N) is 1. The van der Waals surface area contributed by atoms with Crippen molar-refractivity contribution in [2.75, 3.05) is 24.6 Å². The standard InChI is InChI=1S/C15H25N3OS/c1-4-12-13(9-16-11-5-6-11)20-14(17-12)18-7-8-19-15(2,3)10-18/h11,16H,4-10H2,1-3H3. The summed E-state index contributed by atoms with van der Waals surface area (Å²) in [5.41, 5.74) is 1.20. The van der Waals surface area contributed by atoms with E-state index in [0.717, 1.165) is 38.7 Å². The molecular formula is C15H25N3OS. The van der Waals surface area contributed by atoms with Crippen LogP contribution in [0.25, 0.3) is 0 Å². The summed E-state index contributed by atoms with van der Waals surface area (Å²) in [5, 5.41) is 4.78. The van der Waals surface area contributed by atoms with Crippen molar-refractivity contribution in [2.24, 2.45) is 0 Å². The predicted octanol–water partition coefficient (Wildman–Crippen LogP) is 2.57. The van der Waals surface area contributed by atoms with E-state index >= 15 is 0 Å². The number of nitrogens with zero attached hydrogens (tertiary/aromatic N) is 2. The van der Waals surface area contributed by atoms with Gasteiger partial charge in [0.1, 0.15) is 0 Å². The van der Waals surface area contributed by atoms with Gasteiger partial charge in [0.05, 0.1) is 17.9 Å². The molecule has 0 aromatic carbocycles. The fraction of sp³-hybridized carbons (Fsp3) is 0.800. The van der Waals surface area contributed by atoms with E-state index in [9.17, 15) is 0 Å². The first kappa shape index (κ1) is 14.3. The van der Waals surface area contributed by atoms with Gasteiger partial charge >= 0.3 is 0 Å². The van der Waals surface area contributed by atoms with Gasteiger partial charge in [-0.2, -0.15) is 0 Å². The van der Waals surface area contributed by atoms with Crippen LogP contribution in [-0.4, -0.2) is 36.3 Å². The highest BCUT2D eigenvalue weighted by molar-refractivity contribution is 7.15. The lowest BCUT2D eigenvalue weighted by molar-refractivity contribution is -0.0277. The molecule has 20 heavy (non-hydrogen) atoms. The van der Waals surface area contributed by atoms with Crippen molar-refractivity contribution in [1.82, 2.24) is 10.3 Å². The van der Waals surface area contributed by atoms with Gasteiger partial charge in [0.2, 0.25) is 0 Å². The average Bonchev–Trinajstić information content (AvgIpc) is 3.14. The molecule has 1 saturated carbocycles. The van der Waals surface area contributed by atoms with Crippen LogP contribution in [-0.2, 0) is 17.7 Å². The summed E-state index contributed by atoms with van der Waals surface area (Å²) >= 11 is 1.86. The van der Waals surface area contributed by atoms with Gasteiger partial charge in [0.25, 0.3) is 0 Å². The van der Waals surface area contributed by atoms with Gasteiger partial charge in [0.15, 0.2) is 5.13 Å². The van der Waals surface area contributed by atoms with E-state index in [-0.39, 0.29) is 5.60 Å². The number of hydrogen-bond donors (Lipinski definition) is 1. The first-order valence-corrected chi connectivity index (χ1v) is 8.50. The molecule has 1 aromatic heterocycles. The SMILES string of the molecule is CCc1nc(N2CCOC(C)(C)C2)sc1CNC1CC1. The highest BCUT2D eigenvalue weighted by atomic mass is 32.1. The molecule has 1 saturated heterocycles. The Kier molecular flexibility index (Phi) is 4.02. The quantitative estimate of drug-likeness (QED) is 0.906. The van der Waals surface area contributed by atoms with E-state index in [1.807, 2.05) is 11.3 Å². The molecular weight excluding hydrogens is 270 g/mol. The predicted molar refractivity (Wildman–Crippen MR) is 83.6 cm³/mol. The Morgan fingerprint density at radius 2 is 2.25 bits per heavy atom. The molecule has 0 unspecified atom stereocenters. The second-order valence-electron chi connectivity index (χ2n) is 6.40. The van der Waals surface area contributed by atoms with Crippen molar-refractivity contribution < 1.29 is 4.74 Å². The second kappa shape index (κ2) is 5.62. The Morgan fingerprint density at radius 1 is 1.45 bits per heavy atom. The highest BCUT2D eigenvalue weighted by Crippen LogP contribution is 2.31. The molecule has 1 aromatic rings. The molecule has 1 N–H and O–H groups in total. The van der Waals surface area contributed by atoms with E-state index in [2.05, 4.69) is 31.0 Å². The third-order valence-electron chi connectivity index (χ3n) is 3.93. The Balaban J connectivity index is 1.71. The van der Waals surface area contributed by atoms with Crippen LogP contribution in [0.15, 0.2) is 0 Å². The van der Waals surface area contributed by atoms with Gasteiger partial charge in [0, 0.05) is 30.6 Å². The second-order valence-corrected chi connectivity index (χ2v) is 7.47. The van der Waals surface area contributed by atoms with Crippen molar-refractivity contribution in [3.63, 3.8) is 0 Å². The maximum absolute atomic E-state index is 5.79. The van der Waals surface area contributed by atoms with Crippen molar-refractivity contribution in [1.29, 1.82) is 0 Å². The molecule has 2 heterocycles. The van der Waals surface area contributed by atoms with E-state index in [4.69, 9.17) is 9.72 Å². The summed E-state index contributed by atoms with van der Waals surface area (Å²) in [6.45, 7) is 10.2. The molecule has 112 valence electrons. The zero-order valence-electron chi connectivity index (χ0n) is 12.7. The van der Waals surface area contributed by atoms with Crippen LogP contribution in [0.1, 0.15) is 44.2 Å². The fourth-order valence-corrected chi connectivity index (χ4v) is 3.75. The lowest BCUT2D eigenvalue weighted by atomic mass is 10.1. The molecule has 0 spiro atoms. The first-order valence-electron chi connectivity index (χ1n) is 7.68. The molecule has 4 nitrogen and oxygen atoms in total. The summed E-state index contributed by atoms with van der Waals surface area (Å²) in [7, 11) is 0. The number of rotatable bonds is 5. The van der Waals surface area contributed by atoms with Crippen LogP contribution in [0.2, 0.25) is 0 Å². The zero-order valence-corrected chi connectivity index (χ0v) is 13.6. The third kappa shape index (κ3) is 3.32. The molecule has 0 atom stereocenters. The van der Waals surface area contributed by atoms with Gasteiger partial charge in [-0.1, -0.05) is 6.92 Å². The number of anilines is 1. The Morgan fingerprint density at radius 3 is 2.90 bits per heavy atom. The van der Waals surface area contributed by atoms with Gasteiger partial charge in [-0.3, -0.25) is 0 Å². The van der Waals surface area contributed by atoms with E-state index in [0.29, 0.717) is 0 Å². The lowest BCUT2D eigenvalue weighted by Gasteiger charge is -2.38. The normalized spacial score (nSPS) is 22.2. The molecule has 5 heteroatoms. The number of aromatic nitrogens is 1. The molecule has 1 aliphatic carbocycles. The summed E-state index contributed by atoms with van der Waals surface area (Å²) in [4.78, 5) is 8.66. The van der Waals surface area contributed by atoms with Crippen LogP contribution in [0.3, 0.4) is 0 Å². The van der Waals surface area contributed by atoms with E-state index in [1.54, 1.807) is 0 Å². The maximum Gasteiger partial charge on any atom is 0.186 e. The molecule has 0 amide bonds. The minimum absolute atomic E-state index is 0.0667. The lowest BCUT2D eigenvalue weighted by Crippen LogP contribution is -2.48. The van der Waals surface area contributed by atoms with E-state index in [1.165, 1.54) is 28.5 Å². The number of morpholine rings is 1. The smallest absolute Gasteiger partial charge is 0.186 e. The minimum Gasteiger partial charge on any atom is -0.372 e. The topological polar surface area (TPSA) is 37.4 Å². The first-order chi connectivity index (χ1) is 9.57. The minimum atomic E-state index is -0.0667. The summed E-state index contributed by atoms with van der Waals surface area (Å²) in [6.07, 6.45) is 3.70. The zero-order chi connectivity index (χ0) is 14.2. The van der Waals surface area contributed by atoms with E-state index < -0.39 is 0 Å². The van der Waals surface area contributed by atoms with Crippen molar-refractivity contribution in [3.05, 3.63) is 10.6 Å². The average molecular weight is 295 g/mol. The molecule has 2 aliphatic rings. The molecule has 3 rings (SSSR count). The molecule has 2 fully saturated rings. The number of aryl methyl sites for hydroxylation is 1. The van der Waals surface area contributed by atoms with Crippen LogP contribution < -0.4 is 10.2 Å². The summed E-state index contributed by atoms with van der Waals surface area (Å²) in [6, 6.07) is 0.757. The van der Waals surface area contributed by atoms with Crippen LogP contribution in [0.5, 0.6) is 0 Å². The largest absolute Gasteiger partial charge is 0.372 e. The van der Waals surface area contributed by atoms with Crippen LogP contribution in [0.4, 0.5) is 5.13 Å². The Hall–Kier alpha value is -0.650. The van der Waals surface area contributed by atoms with Crippen LogP contribution >= 0.6 is 11.3 Å². The van der Waals surface area contributed by atoms with Gasteiger partial charge < -0.3 is 15.0 Å².